The van der Waals surface area contributed by atoms with E-state index in [4.69, 9.17) is 37.0 Å². The van der Waals surface area contributed by atoms with Crippen LogP contribution in [-0.4, -0.2) is 96.7 Å². The quantitative estimate of drug-likeness (QED) is 0.0169. The Labute approximate surface area is 634 Å². The number of phosphoric ester groups is 2. The normalized spacial score (nSPS) is 14.2. The van der Waals surface area contributed by atoms with Gasteiger partial charge in [0.15, 0.2) is 12.2 Å². The van der Waals surface area contributed by atoms with Crippen molar-refractivity contribution in [1.29, 1.82) is 0 Å². The van der Waals surface area contributed by atoms with Crippen LogP contribution in [0.25, 0.3) is 0 Å². The highest BCUT2D eigenvalue weighted by Crippen LogP contribution is 2.45. The molecule has 0 aliphatic rings. The molecule has 0 saturated carbocycles. The van der Waals surface area contributed by atoms with Gasteiger partial charge in [-0.1, -0.05) is 319 Å². The lowest BCUT2D eigenvalue weighted by Gasteiger charge is -2.21. The van der Waals surface area contributed by atoms with Crippen molar-refractivity contribution in [2.75, 3.05) is 39.6 Å². The summed E-state index contributed by atoms with van der Waals surface area (Å²) in [6, 6.07) is 0. The first kappa shape index (κ1) is 100. The summed E-state index contributed by atoms with van der Waals surface area (Å²) in [5, 5.41) is 10.7. The molecule has 0 bridgehead atoms. The standard InChI is InChI=1S/C85H154O17P2/c1-5-9-13-17-21-25-29-33-37-39-43-46-50-54-58-62-66-70-83(88)96-76-81(102-85(90)72-68-64-60-56-52-48-44-40-38-34-30-26-22-18-14-10-6-2)78-100-104(93,94)98-74-79(86)73-97-103(91,92)99-77-80(101-84(89)71-67-63-59-55-51-47-42-36-32-28-24-20-16-12-8-4)75-95-82(87)69-65-61-57-53-49-45-41-35-31-27-23-19-15-11-7-3/h21,25,33,35-37,41-43,46,54,58,79-81,86H,5-20,22-24,26-32,34,38-40,44-45,47-53,55-57,59-78H2,1-4H3,(H,91,92)(H,93,94)/b25-21-,37-33-,41-35-,42-36-,46-43-,58-54-/t79-,80+,81+/m0/s1. The third kappa shape index (κ3) is 76.7. The fourth-order valence-corrected chi connectivity index (χ4v) is 13.3. The van der Waals surface area contributed by atoms with Gasteiger partial charge in [0.25, 0.3) is 0 Å². The predicted octanol–water partition coefficient (Wildman–Crippen LogP) is 24.8. The Balaban J connectivity index is 5.39. The molecule has 19 heteroatoms. The third-order valence-electron chi connectivity index (χ3n) is 18.1. The number of hydrogen-bond acceptors (Lipinski definition) is 15. The molecular weight excluding hydrogens is 1350 g/mol. The first-order chi connectivity index (χ1) is 50.7. The number of hydrogen-bond donors (Lipinski definition) is 3. The Morgan fingerprint density at radius 3 is 0.788 bits per heavy atom. The van der Waals surface area contributed by atoms with Crippen molar-refractivity contribution in [3.05, 3.63) is 72.9 Å². The van der Waals surface area contributed by atoms with Crippen LogP contribution >= 0.6 is 15.6 Å². The van der Waals surface area contributed by atoms with Crippen molar-refractivity contribution in [3.63, 3.8) is 0 Å². The molecule has 0 aromatic heterocycles. The number of ether oxygens (including phenoxy) is 4. The van der Waals surface area contributed by atoms with Crippen molar-refractivity contribution in [2.45, 2.75) is 406 Å². The smallest absolute Gasteiger partial charge is 0.462 e. The van der Waals surface area contributed by atoms with Gasteiger partial charge in [0.2, 0.25) is 0 Å². The van der Waals surface area contributed by atoms with E-state index in [1.165, 1.54) is 173 Å². The van der Waals surface area contributed by atoms with Crippen LogP contribution in [-0.2, 0) is 65.4 Å². The van der Waals surface area contributed by atoms with Crippen LogP contribution in [0.2, 0.25) is 0 Å². The van der Waals surface area contributed by atoms with E-state index in [2.05, 4.69) is 88.5 Å². The van der Waals surface area contributed by atoms with E-state index >= 15 is 0 Å². The highest BCUT2D eigenvalue weighted by atomic mass is 31.2. The van der Waals surface area contributed by atoms with Crippen LogP contribution < -0.4 is 0 Å². The highest BCUT2D eigenvalue weighted by molar-refractivity contribution is 7.47. The number of rotatable bonds is 80. The number of esters is 4. The molecule has 0 saturated heterocycles. The summed E-state index contributed by atoms with van der Waals surface area (Å²) < 4.78 is 68.7. The van der Waals surface area contributed by atoms with Gasteiger partial charge in [-0.15, -0.1) is 0 Å². The summed E-state index contributed by atoms with van der Waals surface area (Å²) in [7, 11) is -9.97. The molecule has 0 fully saturated rings. The molecule has 606 valence electrons. The third-order valence-corrected chi connectivity index (χ3v) is 20.0. The molecule has 0 rings (SSSR count). The average Bonchev–Trinajstić information content (AvgIpc) is 0.926. The average molecular weight is 1510 g/mol. The van der Waals surface area contributed by atoms with Crippen molar-refractivity contribution < 1.29 is 80.2 Å². The second kappa shape index (κ2) is 77.7. The van der Waals surface area contributed by atoms with E-state index in [1.807, 2.05) is 12.2 Å². The van der Waals surface area contributed by atoms with E-state index in [1.54, 1.807) is 0 Å². The summed E-state index contributed by atoms with van der Waals surface area (Å²) in [4.78, 5) is 73.1. The van der Waals surface area contributed by atoms with E-state index < -0.39 is 97.5 Å². The van der Waals surface area contributed by atoms with Gasteiger partial charge in [-0.25, -0.2) is 9.13 Å². The molecule has 104 heavy (non-hydrogen) atoms. The number of carbonyl (C=O) groups excluding carboxylic acids is 4. The molecule has 0 heterocycles. The lowest BCUT2D eigenvalue weighted by molar-refractivity contribution is -0.161. The molecule has 0 radical (unpaired) electrons. The molecule has 5 atom stereocenters. The van der Waals surface area contributed by atoms with Crippen LogP contribution in [0.4, 0.5) is 0 Å². The summed E-state index contributed by atoms with van der Waals surface area (Å²) in [5.74, 6) is -2.22. The molecule has 0 aromatic rings. The van der Waals surface area contributed by atoms with Gasteiger partial charge in [-0.2, -0.15) is 0 Å². The van der Waals surface area contributed by atoms with Crippen LogP contribution in [0.1, 0.15) is 387 Å². The van der Waals surface area contributed by atoms with Crippen molar-refractivity contribution >= 4 is 39.5 Å². The first-order valence-electron chi connectivity index (χ1n) is 42.2. The maximum absolute atomic E-state index is 13.1. The van der Waals surface area contributed by atoms with Crippen LogP contribution in [0, 0.1) is 0 Å². The van der Waals surface area contributed by atoms with Gasteiger partial charge in [0.05, 0.1) is 26.4 Å². The highest BCUT2D eigenvalue weighted by Gasteiger charge is 2.30. The Kier molecular flexibility index (Phi) is 75.0. The van der Waals surface area contributed by atoms with Gasteiger partial charge >= 0.3 is 39.5 Å². The fraction of sp³-hybridized carbons (Fsp3) is 0.812. The van der Waals surface area contributed by atoms with Crippen molar-refractivity contribution in [2.24, 2.45) is 0 Å². The molecule has 0 aliphatic carbocycles. The van der Waals surface area contributed by atoms with Gasteiger partial charge in [0.1, 0.15) is 19.3 Å². The molecule has 0 amide bonds. The summed E-state index contributed by atoms with van der Waals surface area (Å²) in [6.07, 6.45) is 80.2. The summed E-state index contributed by atoms with van der Waals surface area (Å²) in [6.45, 7) is 4.85. The maximum Gasteiger partial charge on any atom is 0.472 e. The monoisotopic (exact) mass is 1510 g/mol. The number of aliphatic hydroxyl groups excluding tert-OH is 1. The molecule has 2 unspecified atom stereocenters. The minimum absolute atomic E-state index is 0.0859. The maximum atomic E-state index is 13.1. The van der Waals surface area contributed by atoms with Crippen LogP contribution in [0.3, 0.4) is 0 Å². The van der Waals surface area contributed by atoms with Crippen LogP contribution in [0.15, 0.2) is 72.9 Å². The lowest BCUT2D eigenvalue weighted by atomic mass is 10.0. The molecular formula is C85H154O17P2. The number of aliphatic hydroxyl groups is 1. The van der Waals surface area contributed by atoms with Gasteiger partial charge < -0.3 is 33.8 Å². The van der Waals surface area contributed by atoms with Gasteiger partial charge in [0, 0.05) is 25.7 Å². The predicted molar refractivity (Wildman–Crippen MR) is 427 cm³/mol. The minimum Gasteiger partial charge on any atom is -0.462 e. The molecule has 3 N–H and O–H groups in total. The molecule has 17 nitrogen and oxygen atoms in total. The molecule has 0 spiro atoms. The summed E-state index contributed by atoms with van der Waals surface area (Å²) >= 11 is 0. The zero-order chi connectivity index (χ0) is 76.0. The zero-order valence-corrected chi connectivity index (χ0v) is 68.2. The van der Waals surface area contributed by atoms with E-state index in [-0.39, 0.29) is 25.7 Å². The lowest BCUT2D eigenvalue weighted by Crippen LogP contribution is -2.30. The minimum atomic E-state index is -4.99. The molecule has 0 aromatic carbocycles. The topological polar surface area (TPSA) is 237 Å². The number of carbonyl (C=O) groups is 4. The van der Waals surface area contributed by atoms with Gasteiger partial charge in [-0.05, 0) is 116 Å². The number of phosphoric acid groups is 2. The SMILES string of the molecule is CCCCC/C=C\C/C=C\C/C=C\C/C=C\CCCC(=O)OC[C@H](COP(=O)(O)OC[C@@H](O)COP(=O)(O)OC[C@@H](COC(=O)CCCCCCC/C=C\CCCCCCCC)OC(=O)CCCCCCC/C=C\CCCCCCCC)OC(=O)CCCCCCCCCCCCCCCCCCC. The Morgan fingerprint density at radius 2 is 0.481 bits per heavy atom. The Bertz CT molecular complexity index is 2250. The zero-order valence-electron chi connectivity index (χ0n) is 66.5. The van der Waals surface area contributed by atoms with Crippen molar-refractivity contribution in [1.82, 2.24) is 0 Å². The first-order valence-corrected chi connectivity index (χ1v) is 45.2. The fourth-order valence-electron chi connectivity index (χ4n) is 11.7. The second-order valence-electron chi connectivity index (χ2n) is 28.4. The molecule has 0 aliphatic heterocycles. The number of allylic oxidation sites excluding steroid dienone is 12. The van der Waals surface area contributed by atoms with E-state index in [9.17, 15) is 43.2 Å². The summed E-state index contributed by atoms with van der Waals surface area (Å²) in [5.41, 5.74) is 0. The largest absolute Gasteiger partial charge is 0.472 e. The van der Waals surface area contributed by atoms with Crippen molar-refractivity contribution in [3.8, 4) is 0 Å². The van der Waals surface area contributed by atoms with E-state index in [0.29, 0.717) is 32.1 Å². The van der Waals surface area contributed by atoms with Crippen LogP contribution in [0.5, 0.6) is 0 Å². The Hall–Kier alpha value is -3.50. The van der Waals surface area contributed by atoms with Gasteiger partial charge in [-0.3, -0.25) is 37.3 Å². The Morgan fingerprint density at radius 1 is 0.269 bits per heavy atom. The van der Waals surface area contributed by atoms with E-state index in [0.717, 1.165) is 128 Å². The number of unbranched alkanes of at least 4 members (excludes halogenated alkanes) is 42. The second-order valence-corrected chi connectivity index (χ2v) is 31.3.